The molecule has 1 fully saturated rings. The summed E-state index contributed by atoms with van der Waals surface area (Å²) in [6, 6.07) is 0. The number of alkyl halides is 5. The van der Waals surface area contributed by atoms with Crippen molar-refractivity contribution in [3.8, 4) is 0 Å². The summed E-state index contributed by atoms with van der Waals surface area (Å²) in [7, 11) is 0. The summed E-state index contributed by atoms with van der Waals surface area (Å²) in [6.45, 7) is 2.97. The molecule has 1 aliphatic rings. The van der Waals surface area contributed by atoms with Gasteiger partial charge in [-0.05, 0) is 12.3 Å². The van der Waals surface area contributed by atoms with Crippen LogP contribution in [0, 0.1) is 11.3 Å². The summed E-state index contributed by atoms with van der Waals surface area (Å²) in [6.07, 6.45) is -4.49. The van der Waals surface area contributed by atoms with Crippen LogP contribution >= 0.6 is 23.2 Å². The summed E-state index contributed by atoms with van der Waals surface area (Å²) >= 11 is 11.0. The fourth-order valence-electron chi connectivity index (χ4n) is 1.57. The SMILES string of the molecule is CC(C)C1(C(F)(F)F)CC1(Cl)Cl. The number of halogens is 5. The van der Waals surface area contributed by atoms with Crippen molar-refractivity contribution in [1.29, 1.82) is 0 Å². The van der Waals surface area contributed by atoms with Gasteiger partial charge in [-0.15, -0.1) is 23.2 Å². The van der Waals surface area contributed by atoms with Crippen molar-refractivity contribution in [1.82, 2.24) is 0 Å². The van der Waals surface area contributed by atoms with Crippen LogP contribution in [0.25, 0.3) is 0 Å². The van der Waals surface area contributed by atoms with E-state index in [1.165, 1.54) is 13.8 Å². The topological polar surface area (TPSA) is 0 Å². The van der Waals surface area contributed by atoms with Crippen molar-refractivity contribution >= 4 is 23.2 Å². The predicted octanol–water partition coefficient (Wildman–Crippen LogP) is 3.77. The van der Waals surface area contributed by atoms with Crippen molar-refractivity contribution in [2.45, 2.75) is 30.8 Å². The molecule has 72 valence electrons. The average molecular weight is 221 g/mol. The van der Waals surface area contributed by atoms with E-state index in [0.29, 0.717) is 0 Å². The first-order chi connectivity index (χ1) is 5.15. The van der Waals surface area contributed by atoms with E-state index in [-0.39, 0.29) is 6.42 Å². The number of hydrogen-bond donors (Lipinski definition) is 0. The lowest BCUT2D eigenvalue weighted by Gasteiger charge is -2.25. The van der Waals surface area contributed by atoms with E-state index in [9.17, 15) is 13.2 Å². The Labute approximate surface area is 79.0 Å². The zero-order chi connectivity index (χ0) is 9.78. The lowest BCUT2D eigenvalue weighted by atomic mass is 9.92. The molecular weight excluding hydrogens is 212 g/mol. The van der Waals surface area contributed by atoms with Gasteiger partial charge < -0.3 is 0 Å². The third kappa shape index (κ3) is 1.13. The molecule has 0 heterocycles. The van der Waals surface area contributed by atoms with Crippen molar-refractivity contribution < 1.29 is 13.2 Å². The molecule has 0 aromatic rings. The van der Waals surface area contributed by atoms with Crippen molar-refractivity contribution in [3.63, 3.8) is 0 Å². The van der Waals surface area contributed by atoms with Crippen LogP contribution in [0.4, 0.5) is 13.2 Å². The number of rotatable bonds is 1. The van der Waals surface area contributed by atoms with Gasteiger partial charge in [-0.25, -0.2) is 0 Å². The molecule has 5 heteroatoms. The third-order valence-corrected chi connectivity index (χ3v) is 3.46. The van der Waals surface area contributed by atoms with Gasteiger partial charge in [0.25, 0.3) is 0 Å². The second-order valence-electron chi connectivity index (χ2n) is 3.51. The predicted molar refractivity (Wildman–Crippen MR) is 42.4 cm³/mol. The third-order valence-electron chi connectivity index (χ3n) is 2.52. The van der Waals surface area contributed by atoms with E-state index < -0.39 is 21.8 Å². The minimum atomic E-state index is -4.30. The van der Waals surface area contributed by atoms with E-state index >= 15 is 0 Å². The Bertz CT molecular complexity index is 197. The summed E-state index contributed by atoms with van der Waals surface area (Å²) in [5.41, 5.74) is -1.89. The maximum Gasteiger partial charge on any atom is 0.397 e. The van der Waals surface area contributed by atoms with Crippen LogP contribution in [-0.2, 0) is 0 Å². The van der Waals surface area contributed by atoms with Gasteiger partial charge in [0.15, 0.2) is 0 Å². The van der Waals surface area contributed by atoms with Crippen LogP contribution in [0.1, 0.15) is 20.3 Å². The van der Waals surface area contributed by atoms with Crippen LogP contribution in [0.2, 0.25) is 0 Å². The smallest absolute Gasteiger partial charge is 0.170 e. The summed E-state index contributed by atoms with van der Waals surface area (Å²) < 4.78 is 35.8. The van der Waals surface area contributed by atoms with Gasteiger partial charge in [0.2, 0.25) is 0 Å². The molecule has 0 spiro atoms. The Morgan fingerprint density at radius 1 is 1.25 bits per heavy atom. The van der Waals surface area contributed by atoms with Gasteiger partial charge in [-0.1, -0.05) is 13.8 Å². The minimum Gasteiger partial charge on any atom is -0.170 e. The Kier molecular flexibility index (Phi) is 2.13. The van der Waals surface area contributed by atoms with E-state index in [1.54, 1.807) is 0 Å². The fourth-order valence-corrected chi connectivity index (χ4v) is 2.64. The second-order valence-corrected chi connectivity index (χ2v) is 4.99. The Balaban J connectivity index is 2.95. The molecule has 0 nitrogen and oxygen atoms in total. The molecule has 1 unspecified atom stereocenters. The largest absolute Gasteiger partial charge is 0.397 e. The number of hydrogen-bond acceptors (Lipinski definition) is 0. The van der Waals surface area contributed by atoms with Gasteiger partial charge in [-0.2, -0.15) is 13.2 Å². The highest BCUT2D eigenvalue weighted by atomic mass is 35.5. The van der Waals surface area contributed by atoms with E-state index in [4.69, 9.17) is 23.2 Å². The van der Waals surface area contributed by atoms with Gasteiger partial charge in [0.1, 0.15) is 9.75 Å². The van der Waals surface area contributed by atoms with Crippen molar-refractivity contribution in [2.24, 2.45) is 11.3 Å². The molecule has 0 aromatic heterocycles. The van der Waals surface area contributed by atoms with Gasteiger partial charge >= 0.3 is 6.18 Å². The molecule has 0 saturated heterocycles. The lowest BCUT2D eigenvalue weighted by Crippen LogP contribution is -2.34. The molecule has 1 aliphatic carbocycles. The first-order valence-electron chi connectivity index (χ1n) is 3.60. The van der Waals surface area contributed by atoms with Crippen LogP contribution in [0.15, 0.2) is 0 Å². The quantitative estimate of drug-likeness (QED) is 0.591. The molecule has 1 atom stereocenters. The summed E-state index contributed by atoms with van der Waals surface area (Å²) in [5.74, 6) is -0.576. The minimum absolute atomic E-state index is 0.190. The molecule has 0 N–H and O–H groups in total. The maximum absolute atomic E-state index is 12.5. The van der Waals surface area contributed by atoms with E-state index in [2.05, 4.69) is 0 Å². The van der Waals surface area contributed by atoms with Gasteiger partial charge in [0, 0.05) is 0 Å². The average Bonchev–Trinajstić information content (AvgIpc) is 2.33. The fraction of sp³-hybridized carbons (Fsp3) is 1.00. The molecule has 0 amide bonds. The molecule has 12 heavy (non-hydrogen) atoms. The lowest BCUT2D eigenvalue weighted by molar-refractivity contribution is -0.200. The highest BCUT2D eigenvalue weighted by Gasteiger charge is 2.80. The molecule has 0 aliphatic heterocycles. The van der Waals surface area contributed by atoms with Crippen molar-refractivity contribution in [2.75, 3.05) is 0 Å². The Morgan fingerprint density at radius 3 is 1.58 bits per heavy atom. The monoisotopic (exact) mass is 220 g/mol. The van der Waals surface area contributed by atoms with Crippen LogP contribution in [-0.4, -0.2) is 10.5 Å². The molecule has 0 radical (unpaired) electrons. The maximum atomic E-state index is 12.5. The van der Waals surface area contributed by atoms with Gasteiger partial charge in [0.05, 0.1) is 0 Å². The van der Waals surface area contributed by atoms with Crippen molar-refractivity contribution in [3.05, 3.63) is 0 Å². The second kappa shape index (κ2) is 2.44. The van der Waals surface area contributed by atoms with Crippen LogP contribution in [0.3, 0.4) is 0 Å². The Hall–Kier alpha value is 0.370. The first-order valence-corrected chi connectivity index (χ1v) is 4.35. The summed E-state index contributed by atoms with van der Waals surface area (Å²) in [5, 5.41) is 0. The highest BCUT2D eigenvalue weighted by Crippen LogP contribution is 2.74. The Morgan fingerprint density at radius 2 is 1.58 bits per heavy atom. The van der Waals surface area contributed by atoms with Crippen LogP contribution in [0.5, 0.6) is 0 Å². The standard InChI is InChI=1S/C7H9Cl2F3/c1-4(2)5(7(10,11)12)3-6(5,8)9/h4H,3H2,1-2H3. The molecular formula is C7H9Cl2F3. The van der Waals surface area contributed by atoms with Crippen LogP contribution < -0.4 is 0 Å². The molecule has 1 rings (SSSR count). The normalized spacial score (nSPS) is 34.0. The highest BCUT2D eigenvalue weighted by molar-refractivity contribution is 6.51. The van der Waals surface area contributed by atoms with E-state index in [0.717, 1.165) is 0 Å². The molecule has 1 saturated carbocycles. The zero-order valence-corrected chi connectivity index (χ0v) is 8.19. The van der Waals surface area contributed by atoms with Gasteiger partial charge in [-0.3, -0.25) is 0 Å². The zero-order valence-electron chi connectivity index (χ0n) is 6.67. The van der Waals surface area contributed by atoms with E-state index in [1.807, 2.05) is 0 Å². The summed E-state index contributed by atoms with van der Waals surface area (Å²) in [4.78, 5) is 0. The molecule has 0 aromatic carbocycles. The molecule has 0 bridgehead atoms. The first kappa shape index (κ1) is 10.5.